The normalized spacial score (nSPS) is 14.8. The van der Waals surface area contributed by atoms with Gasteiger partial charge in [0.1, 0.15) is 76.0 Å². The van der Waals surface area contributed by atoms with Gasteiger partial charge in [-0.2, -0.15) is 5.10 Å². The fraction of sp³-hybridized carbons (Fsp3) is 0.434. The first-order valence-electron chi connectivity index (χ1n) is 24.5. The predicted molar refractivity (Wildman–Crippen MR) is 281 cm³/mol. The molecule has 0 unspecified atom stereocenters. The molecule has 19 nitrogen and oxygen atoms in total. The second-order valence-corrected chi connectivity index (χ2v) is 23.7. The second kappa shape index (κ2) is 23.2. The number of benzene rings is 3. The molecule has 3 aromatic heterocycles. The largest absolute Gasteiger partial charge is 0.491 e. The first-order chi connectivity index (χ1) is 35.4. The summed E-state index contributed by atoms with van der Waals surface area (Å²) in [5.74, 6) is -0.157. The lowest BCUT2D eigenvalue weighted by atomic mass is 10.0. The number of ether oxygens (including phenoxy) is 4. The van der Waals surface area contributed by atoms with Crippen LogP contribution < -0.4 is 20.1 Å². The fourth-order valence-electron chi connectivity index (χ4n) is 7.97. The van der Waals surface area contributed by atoms with Gasteiger partial charge in [-0.05, 0) is 123 Å². The molecule has 0 bridgehead atoms. The molecule has 0 aliphatic carbocycles. The number of carbonyl (C=O) groups is 4. The number of likely N-dealkylation sites (tertiary alicyclic amines) is 1. The Balaban J connectivity index is 0.978. The van der Waals surface area contributed by atoms with Crippen LogP contribution in [0.4, 0.5) is 20.8 Å². The van der Waals surface area contributed by atoms with E-state index < -0.39 is 56.1 Å². The van der Waals surface area contributed by atoms with Crippen molar-refractivity contribution >= 4 is 67.4 Å². The molecule has 0 spiro atoms. The van der Waals surface area contributed by atoms with Gasteiger partial charge < -0.3 is 34.5 Å². The van der Waals surface area contributed by atoms with Crippen LogP contribution in [0, 0.1) is 19.7 Å². The molecule has 3 N–H and O–H groups in total. The highest BCUT2D eigenvalue weighted by Gasteiger charge is 2.39. The fourth-order valence-corrected chi connectivity index (χ4v) is 10.2. The van der Waals surface area contributed by atoms with Crippen molar-refractivity contribution in [1.82, 2.24) is 40.3 Å². The number of anilines is 2. The minimum Gasteiger partial charge on any atom is -0.491 e. The second-order valence-electron chi connectivity index (χ2n) is 20.2. The van der Waals surface area contributed by atoms with Gasteiger partial charge in [0.05, 0.1) is 29.5 Å². The minimum absolute atomic E-state index is 0.00968. The number of rotatable bonds is 20. The molecule has 75 heavy (non-hydrogen) atoms. The average molecular weight is 1070 g/mol. The van der Waals surface area contributed by atoms with E-state index in [0.29, 0.717) is 58.2 Å². The Labute approximate surface area is 439 Å². The number of sulfone groups is 1. The van der Waals surface area contributed by atoms with Crippen molar-refractivity contribution in [3.63, 3.8) is 0 Å². The van der Waals surface area contributed by atoms with E-state index >= 15 is 0 Å². The summed E-state index contributed by atoms with van der Waals surface area (Å²) in [5, 5.41) is 16.0. The lowest BCUT2D eigenvalue weighted by Crippen LogP contribution is -2.54. The van der Waals surface area contributed by atoms with E-state index in [9.17, 15) is 32.0 Å². The Bertz CT molecular complexity index is 3130. The van der Waals surface area contributed by atoms with Crippen molar-refractivity contribution in [2.24, 2.45) is 0 Å². The SMILES string of the molecule is Cc1[nH]nc(Nc2ncnc3cc(OCCOCCOc4ccc(C[C@H](NC(=O)[C@H](C)N(C)C(=O)OC(C)(C)C)C(=O)N5CCC[C@H]5c5nc(C(=O)c6ccc(F)cc6)cs5)cc4)c(S(=O)(=O)C(C)(C)C)cc23)c1C. The quantitative estimate of drug-likeness (QED) is 0.0482. The van der Waals surface area contributed by atoms with Gasteiger partial charge >= 0.3 is 6.09 Å². The smallest absolute Gasteiger partial charge is 0.410 e. The van der Waals surface area contributed by atoms with Gasteiger partial charge in [-0.1, -0.05) is 12.1 Å². The third-order valence-corrected chi connectivity index (χ3v) is 16.0. The molecule has 3 atom stereocenters. The van der Waals surface area contributed by atoms with Crippen LogP contribution in [-0.2, 0) is 35.3 Å². The van der Waals surface area contributed by atoms with Crippen molar-refractivity contribution in [1.29, 1.82) is 0 Å². The molecule has 3 amide bonds. The van der Waals surface area contributed by atoms with E-state index in [1.54, 1.807) is 89.1 Å². The first-order valence-corrected chi connectivity index (χ1v) is 26.8. The molecular weight excluding hydrogens is 1010 g/mol. The number of halogens is 1. The zero-order chi connectivity index (χ0) is 54.4. The number of hydrogen-bond acceptors (Lipinski definition) is 16. The Kier molecular flexibility index (Phi) is 17.3. The number of aromatic nitrogens is 5. The van der Waals surface area contributed by atoms with Crippen molar-refractivity contribution in [3.8, 4) is 11.5 Å². The summed E-state index contributed by atoms with van der Waals surface area (Å²) in [6.45, 7) is 16.3. The molecule has 22 heteroatoms. The Morgan fingerprint density at radius 1 is 0.933 bits per heavy atom. The third-order valence-electron chi connectivity index (χ3n) is 12.6. The number of aromatic amines is 1. The van der Waals surface area contributed by atoms with E-state index in [-0.39, 0.29) is 66.4 Å². The van der Waals surface area contributed by atoms with Crippen molar-refractivity contribution in [2.75, 3.05) is 45.3 Å². The van der Waals surface area contributed by atoms with Gasteiger partial charge in [-0.25, -0.2) is 32.6 Å². The van der Waals surface area contributed by atoms with Gasteiger partial charge in [0.15, 0.2) is 15.7 Å². The third kappa shape index (κ3) is 13.4. The molecule has 400 valence electrons. The predicted octanol–water partition coefficient (Wildman–Crippen LogP) is 8.23. The molecule has 1 fully saturated rings. The molecule has 1 aliphatic heterocycles. The van der Waals surface area contributed by atoms with Crippen LogP contribution in [0.25, 0.3) is 10.9 Å². The monoisotopic (exact) mass is 1070 g/mol. The highest BCUT2D eigenvalue weighted by Crippen LogP contribution is 2.38. The van der Waals surface area contributed by atoms with E-state index in [2.05, 4.69) is 35.8 Å². The topological polar surface area (TPSA) is 237 Å². The number of nitrogens with zero attached hydrogens (tertiary/aromatic N) is 6. The average Bonchev–Trinajstić information content (AvgIpc) is 4.13. The van der Waals surface area contributed by atoms with Gasteiger partial charge in [-0.3, -0.25) is 24.4 Å². The Morgan fingerprint density at radius 2 is 1.63 bits per heavy atom. The number of aryl methyl sites for hydroxylation is 1. The maximum atomic E-state index is 14.6. The maximum absolute atomic E-state index is 14.6. The van der Waals surface area contributed by atoms with Crippen LogP contribution in [0.5, 0.6) is 11.5 Å². The molecule has 1 aliphatic rings. The summed E-state index contributed by atoms with van der Waals surface area (Å²) >= 11 is 1.25. The number of fused-ring (bicyclic) bond motifs is 1. The molecule has 4 heterocycles. The molecule has 0 saturated carbocycles. The zero-order valence-electron chi connectivity index (χ0n) is 43.8. The molecule has 3 aromatic carbocycles. The van der Waals surface area contributed by atoms with Crippen LogP contribution in [0.3, 0.4) is 0 Å². The Morgan fingerprint density at radius 3 is 2.28 bits per heavy atom. The number of likely N-dealkylation sites (N-methyl/N-ethyl adjacent to an activating group) is 1. The minimum atomic E-state index is -3.90. The summed E-state index contributed by atoms with van der Waals surface area (Å²) in [6, 6.07) is 12.9. The summed E-state index contributed by atoms with van der Waals surface area (Å²) in [4.78, 5) is 70.8. The van der Waals surface area contributed by atoms with E-state index in [1.807, 2.05) is 13.8 Å². The molecule has 0 radical (unpaired) electrons. The van der Waals surface area contributed by atoms with E-state index in [1.165, 1.54) is 59.9 Å². The molecule has 7 rings (SSSR count). The van der Waals surface area contributed by atoms with Crippen molar-refractivity contribution < 1.29 is 50.9 Å². The van der Waals surface area contributed by atoms with Crippen LogP contribution in [0.2, 0.25) is 0 Å². The summed E-state index contributed by atoms with van der Waals surface area (Å²) in [6.07, 6.45) is 2.02. The van der Waals surface area contributed by atoms with Gasteiger partial charge in [-0.15, -0.1) is 11.3 Å². The van der Waals surface area contributed by atoms with Crippen molar-refractivity contribution in [3.05, 3.63) is 111 Å². The van der Waals surface area contributed by atoms with E-state index in [4.69, 9.17) is 18.9 Å². The molecule has 1 saturated heterocycles. The standard InChI is InChI=1S/C53H64FN9O10S2/c1-31-32(2)60-61-46(31)59-47-38-27-44(75(68,69)53(7,8)9)43(28-39(38)55-30-56-47)72-25-23-70-22-24-71-37-19-13-34(14-20-37)26-40(57-48(65)33(3)62(10)51(67)73-52(4,5)6)50(66)63-21-11-12-42(63)49-58-41(29-74-49)45(64)35-15-17-36(54)18-16-35/h13-20,27-30,33,40,42H,11-12,21-26H2,1-10H3,(H,57,65)(H2,55,56,59,60,61)/t33-,40-,42-/m0/s1. The Hall–Kier alpha value is -7.04. The maximum Gasteiger partial charge on any atom is 0.410 e. The summed E-state index contributed by atoms with van der Waals surface area (Å²) in [7, 11) is -2.45. The lowest BCUT2D eigenvalue weighted by molar-refractivity contribution is -0.138. The van der Waals surface area contributed by atoms with E-state index in [0.717, 1.165) is 11.3 Å². The van der Waals surface area contributed by atoms with Gasteiger partial charge in [0.25, 0.3) is 0 Å². The van der Waals surface area contributed by atoms with Crippen LogP contribution in [0.1, 0.15) is 105 Å². The number of H-pyrrole nitrogens is 1. The number of amides is 3. The number of carbonyl (C=O) groups excluding carboxylic acids is 4. The first kappa shape index (κ1) is 55.7. The molecule has 6 aromatic rings. The number of thiazole rings is 1. The highest BCUT2D eigenvalue weighted by molar-refractivity contribution is 7.92. The highest BCUT2D eigenvalue weighted by atomic mass is 32.2. The zero-order valence-corrected chi connectivity index (χ0v) is 45.4. The van der Waals surface area contributed by atoms with Crippen LogP contribution in [0.15, 0.2) is 77.3 Å². The summed E-state index contributed by atoms with van der Waals surface area (Å²) < 4.78 is 63.5. The van der Waals surface area contributed by atoms with Gasteiger partial charge in [0, 0.05) is 53.7 Å². The van der Waals surface area contributed by atoms with Crippen LogP contribution in [-0.4, -0.2) is 130 Å². The number of ketones is 1. The van der Waals surface area contributed by atoms with Gasteiger partial charge in [0.2, 0.25) is 17.6 Å². The lowest BCUT2D eigenvalue weighted by Gasteiger charge is -2.31. The number of hydrogen-bond donors (Lipinski definition) is 3. The van der Waals surface area contributed by atoms with Crippen molar-refractivity contribution in [2.45, 2.75) is 115 Å². The number of nitrogens with one attached hydrogen (secondary N) is 3. The molecular formula is C53H64FN9O10S2. The summed E-state index contributed by atoms with van der Waals surface area (Å²) in [5.41, 5.74) is 2.62. The van der Waals surface area contributed by atoms with Crippen LogP contribution >= 0.6 is 11.3 Å².